The molecule has 108 valence electrons. The Hall–Kier alpha value is -0.160. The van der Waals surface area contributed by atoms with E-state index in [9.17, 15) is 0 Å². The monoisotopic (exact) mass is 267 g/mol. The van der Waals surface area contributed by atoms with Gasteiger partial charge in [-0.1, -0.05) is 0 Å². The summed E-state index contributed by atoms with van der Waals surface area (Å²) in [5, 5.41) is 0. The van der Waals surface area contributed by atoms with Gasteiger partial charge in [-0.25, -0.2) is 0 Å². The van der Waals surface area contributed by atoms with Crippen LogP contribution in [0.15, 0.2) is 0 Å². The standard InChI is InChI=1S/C15H25NO3/c1-3-14(4-1)12-13(2-9-17-14)16-7-5-15(6-8-16)18-10-11-19-15/h13H,1-12H2. The topological polar surface area (TPSA) is 30.9 Å². The van der Waals surface area contributed by atoms with Crippen molar-refractivity contribution in [2.45, 2.75) is 62.4 Å². The van der Waals surface area contributed by atoms with Gasteiger partial charge in [-0.3, -0.25) is 4.90 Å². The predicted molar refractivity (Wildman–Crippen MR) is 71.0 cm³/mol. The molecule has 19 heavy (non-hydrogen) atoms. The molecule has 4 heteroatoms. The molecule has 0 N–H and O–H groups in total. The second-order valence-corrected chi connectivity index (χ2v) is 6.68. The maximum atomic E-state index is 6.04. The normalized spacial score (nSPS) is 37.6. The Kier molecular flexibility index (Phi) is 3.10. The summed E-state index contributed by atoms with van der Waals surface area (Å²) in [6.45, 7) is 4.77. The van der Waals surface area contributed by atoms with Crippen molar-refractivity contribution in [3.8, 4) is 0 Å². The summed E-state index contributed by atoms with van der Waals surface area (Å²) in [5.74, 6) is -0.226. The third-order valence-electron chi connectivity index (χ3n) is 5.62. The average molecular weight is 267 g/mol. The maximum absolute atomic E-state index is 6.04. The zero-order valence-electron chi connectivity index (χ0n) is 11.7. The van der Waals surface area contributed by atoms with E-state index in [2.05, 4.69) is 4.90 Å². The molecule has 3 aliphatic heterocycles. The van der Waals surface area contributed by atoms with Gasteiger partial charge in [-0.2, -0.15) is 0 Å². The highest BCUT2D eigenvalue weighted by molar-refractivity contribution is 4.98. The highest BCUT2D eigenvalue weighted by Crippen LogP contribution is 2.44. The number of rotatable bonds is 1. The van der Waals surface area contributed by atoms with Crippen LogP contribution in [-0.4, -0.2) is 55.2 Å². The van der Waals surface area contributed by atoms with E-state index in [0.29, 0.717) is 0 Å². The molecule has 0 bridgehead atoms. The molecule has 2 spiro atoms. The predicted octanol–water partition coefficient (Wildman–Crippen LogP) is 1.93. The highest BCUT2D eigenvalue weighted by Gasteiger charge is 2.46. The Morgan fingerprint density at radius 2 is 1.58 bits per heavy atom. The summed E-state index contributed by atoms with van der Waals surface area (Å²) in [5.41, 5.74) is 0.262. The van der Waals surface area contributed by atoms with E-state index in [-0.39, 0.29) is 11.4 Å². The fourth-order valence-corrected chi connectivity index (χ4v) is 4.25. The van der Waals surface area contributed by atoms with Crippen LogP contribution in [0.25, 0.3) is 0 Å². The molecule has 1 aliphatic carbocycles. The minimum absolute atomic E-state index is 0.226. The summed E-state index contributed by atoms with van der Waals surface area (Å²) in [6.07, 6.45) is 8.46. The number of hydrogen-bond acceptors (Lipinski definition) is 4. The molecule has 4 aliphatic rings. The molecule has 3 heterocycles. The second-order valence-electron chi connectivity index (χ2n) is 6.68. The Balaban J connectivity index is 1.36. The molecule has 0 aromatic heterocycles. The van der Waals surface area contributed by atoms with Crippen LogP contribution in [0.3, 0.4) is 0 Å². The summed E-state index contributed by atoms with van der Waals surface area (Å²) in [6, 6.07) is 0.729. The van der Waals surface area contributed by atoms with Gasteiger partial charge in [-0.15, -0.1) is 0 Å². The molecule has 0 amide bonds. The van der Waals surface area contributed by atoms with Crippen molar-refractivity contribution in [3.05, 3.63) is 0 Å². The molecule has 4 rings (SSSR count). The number of nitrogens with zero attached hydrogens (tertiary/aromatic N) is 1. The molecular weight excluding hydrogens is 242 g/mol. The minimum atomic E-state index is -0.226. The quantitative estimate of drug-likeness (QED) is 0.726. The van der Waals surface area contributed by atoms with Gasteiger partial charge in [0.15, 0.2) is 5.79 Å². The van der Waals surface area contributed by atoms with Crippen LogP contribution in [0.4, 0.5) is 0 Å². The van der Waals surface area contributed by atoms with Crippen molar-refractivity contribution in [2.75, 3.05) is 32.9 Å². The Morgan fingerprint density at radius 1 is 0.842 bits per heavy atom. The molecular formula is C15H25NO3. The molecule has 1 unspecified atom stereocenters. The maximum Gasteiger partial charge on any atom is 0.170 e. The van der Waals surface area contributed by atoms with Crippen molar-refractivity contribution in [1.82, 2.24) is 4.90 Å². The molecule has 0 aromatic carbocycles. The lowest BCUT2D eigenvalue weighted by atomic mass is 9.73. The van der Waals surface area contributed by atoms with E-state index in [1.165, 1.54) is 32.1 Å². The molecule has 1 saturated carbocycles. The van der Waals surface area contributed by atoms with Crippen molar-refractivity contribution >= 4 is 0 Å². The Bertz CT molecular complexity index is 326. The second kappa shape index (κ2) is 4.69. The largest absolute Gasteiger partial charge is 0.375 e. The van der Waals surface area contributed by atoms with Gasteiger partial charge in [0.1, 0.15) is 0 Å². The van der Waals surface area contributed by atoms with E-state index >= 15 is 0 Å². The summed E-state index contributed by atoms with van der Waals surface area (Å²) in [4.78, 5) is 2.67. The van der Waals surface area contributed by atoms with Crippen LogP contribution in [-0.2, 0) is 14.2 Å². The van der Waals surface area contributed by atoms with Gasteiger partial charge in [0.05, 0.1) is 18.8 Å². The molecule has 1 atom stereocenters. The van der Waals surface area contributed by atoms with Crippen molar-refractivity contribution in [1.29, 1.82) is 0 Å². The Morgan fingerprint density at radius 3 is 2.21 bits per heavy atom. The van der Waals surface area contributed by atoms with E-state index < -0.39 is 0 Å². The fourth-order valence-electron chi connectivity index (χ4n) is 4.25. The first-order valence-corrected chi connectivity index (χ1v) is 7.95. The SMILES string of the molecule is C1CC2(C1)CC(N1CCC3(CC1)OCCO3)CCO2. The van der Waals surface area contributed by atoms with Crippen molar-refractivity contribution in [2.24, 2.45) is 0 Å². The molecule has 4 fully saturated rings. The van der Waals surface area contributed by atoms with Crippen LogP contribution in [0, 0.1) is 0 Å². The zero-order chi connectivity index (χ0) is 12.8. The fraction of sp³-hybridized carbons (Fsp3) is 1.00. The zero-order valence-corrected chi connectivity index (χ0v) is 11.7. The third kappa shape index (κ3) is 2.23. The minimum Gasteiger partial charge on any atom is -0.375 e. The lowest BCUT2D eigenvalue weighted by Crippen LogP contribution is -2.55. The van der Waals surface area contributed by atoms with Crippen LogP contribution in [0.5, 0.6) is 0 Å². The summed E-state index contributed by atoms with van der Waals surface area (Å²) < 4.78 is 17.7. The lowest BCUT2D eigenvalue weighted by Gasteiger charge is -2.51. The number of likely N-dealkylation sites (tertiary alicyclic amines) is 1. The summed E-state index contributed by atoms with van der Waals surface area (Å²) in [7, 11) is 0. The first kappa shape index (κ1) is 12.6. The first-order chi connectivity index (χ1) is 9.29. The molecule has 0 radical (unpaired) electrons. The van der Waals surface area contributed by atoms with Gasteiger partial charge in [0.25, 0.3) is 0 Å². The number of piperidine rings is 1. The van der Waals surface area contributed by atoms with Gasteiger partial charge in [-0.05, 0) is 32.1 Å². The van der Waals surface area contributed by atoms with E-state index in [1.807, 2.05) is 0 Å². The van der Waals surface area contributed by atoms with Crippen LogP contribution >= 0.6 is 0 Å². The van der Waals surface area contributed by atoms with Gasteiger partial charge in [0.2, 0.25) is 0 Å². The van der Waals surface area contributed by atoms with Gasteiger partial charge < -0.3 is 14.2 Å². The lowest BCUT2D eigenvalue weighted by molar-refractivity contribution is -0.197. The van der Waals surface area contributed by atoms with Crippen LogP contribution < -0.4 is 0 Å². The van der Waals surface area contributed by atoms with E-state index in [1.54, 1.807) is 0 Å². The molecule has 4 nitrogen and oxygen atoms in total. The van der Waals surface area contributed by atoms with E-state index in [0.717, 1.165) is 51.8 Å². The van der Waals surface area contributed by atoms with Crippen molar-refractivity contribution < 1.29 is 14.2 Å². The van der Waals surface area contributed by atoms with Gasteiger partial charge >= 0.3 is 0 Å². The van der Waals surface area contributed by atoms with Crippen LogP contribution in [0.1, 0.15) is 44.9 Å². The number of ether oxygens (including phenoxy) is 3. The first-order valence-electron chi connectivity index (χ1n) is 7.95. The summed E-state index contributed by atoms with van der Waals surface area (Å²) >= 11 is 0. The van der Waals surface area contributed by atoms with Crippen LogP contribution in [0.2, 0.25) is 0 Å². The Labute approximate surface area is 115 Å². The van der Waals surface area contributed by atoms with E-state index in [4.69, 9.17) is 14.2 Å². The molecule has 3 saturated heterocycles. The highest BCUT2D eigenvalue weighted by atomic mass is 16.7. The molecule has 0 aromatic rings. The van der Waals surface area contributed by atoms with Gasteiger partial charge in [0, 0.05) is 38.6 Å². The van der Waals surface area contributed by atoms with Crippen molar-refractivity contribution in [3.63, 3.8) is 0 Å². The average Bonchev–Trinajstić information content (AvgIpc) is 2.86. The third-order valence-corrected chi connectivity index (χ3v) is 5.62. The smallest absolute Gasteiger partial charge is 0.170 e. The number of hydrogen-bond donors (Lipinski definition) is 0.